The third-order valence-corrected chi connectivity index (χ3v) is 8.59. The van der Waals surface area contributed by atoms with Crippen molar-refractivity contribution in [3.05, 3.63) is 71.3 Å². The standard InChI is InChI=1S/C30H37N5O3/c1-19-27(32-29(37)31-26-22-11-7-8-12-23(22)30(2,3)17-24(26)36)35(21-9-5-4-6-10-21)33-28(19)38-25-18-34-15-13-20(25)14-16-34/h4-12,20,24-26,36H,13-18H2,1-3H3,(H2,31,32,37)/t24-,25?,26-/m1/s1. The minimum absolute atomic E-state index is 0.106. The van der Waals surface area contributed by atoms with Crippen LogP contribution in [0.4, 0.5) is 10.6 Å². The number of carbonyl (C=O) groups is 1. The van der Waals surface area contributed by atoms with Gasteiger partial charge in [0.25, 0.3) is 0 Å². The van der Waals surface area contributed by atoms with E-state index in [4.69, 9.17) is 9.84 Å². The van der Waals surface area contributed by atoms with Crippen LogP contribution in [0.5, 0.6) is 5.88 Å². The van der Waals surface area contributed by atoms with Crippen LogP contribution in [0.1, 0.15) is 55.8 Å². The van der Waals surface area contributed by atoms with Crippen LogP contribution in [0.2, 0.25) is 0 Å². The van der Waals surface area contributed by atoms with Crippen LogP contribution in [0.15, 0.2) is 54.6 Å². The first kappa shape index (κ1) is 24.9. The second-order valence-electron chi connectivity index (χ2n) is 11.6. The molecule has 0 radical (unpaired) electrons. The Labute approximate surface area is 224 Å². The lowest BCUT2D eigenvalue weighted by Crippen LogP contribution is -2.52. The summed E-state index contributed by atoms with van der Waals surface area (Å²) in [6.45, 7) is 9.39. The van der Waals surface area contributed by atoms with Gasteiger partial charge in [0.1, 0.15) is 11.9 Å². The number of aliphatic hydroxyl groups excluding tert-OH is 1. The highest BCUT2D eigenvalue weighted by atomic mass is 16.5. The van der Waals surface area contributed by atoms with Crippen molar-refractivity contribution in [2.24, 2.45) is 5.92 Å². The molecule has 1 aromatic heterocycles. The number of aliphatic hydroxyl groups is 1. The number of rotatable bonds is 5. The molecule has 3 saturated heterocycles. The van der Waals surface area contributed by atoms with Crippen LogP contribution < -0.4 is 15.4 Å². The summed E-state index contributed by atoms with van der Waals surface area (Å²) >= 11 is 0. The zero-order chi connectivity index (χ0) is 26.4. The van der Waals surface area contributed by atoms with Crippen molar-refractivity contribution in [1.29, 1.82) is 0 Å². The van der Waals surface area contributed by atoms with E-state index in [-0.39, 0.29) is 11.5 Å². The van der Waals surface area contributed by atoms with Gasteiger partial charge in [-0.15, -0.1) is 5.10 Å². The summed E-state index contributed by atoms with van der Waals surface area (Å²) in [5.41, 5.74) is 3.54. The fourth-order valence-electron chi connectivity index (χ4n) is 6.48. The van der Waals surface area contributed by atoms with Crippen LogP contribution >= 0.6 is 0 Å². The van der Waals surface area contributed by atoms with Gasteiger partial charge in [0.2, 0.25) is 5.88 Å². The predicted molar refractivity (Wildman–Crippen MR) is 147 cm³/mol. The van der Waals surface area contributed by atoms with E-state index in [0.29, 0.717) is 24.0 Å². The highest BCUT2D eigenvalue weighted by Crippen LogP contribution is 2.42. The minimum atomic E-state index is -0.693. The number of ether oxygens (including phenoxy) is 1. The molecule has 0 spiro atoms. The van der Waals surface area contributed by atoms with Crippen LogP contribution in [-0.4, -0.2) is 57.7 Å². The molecule has 0 saturated carbocycles. The predicted octanol–water partition coefficient (Wildman–Crippen LogP) is 4.56. The van der Waals surface area contributed by atoms with Gasteiger partial charge in [-0.1, -0.05) is 56.3 Å². The lowest BCUT2D eigenvalue weighted by Gasteiger charge is -2.44. The maximum Gasteiger partial charge on any atom is 0.320 e. The Morgan fingerprint density at radius 2 is 1.79 bits per heavy atom. The number of aromatic nitrogens is 2. The number of amides is 2. The molecule has 3 aromatic rings. The Kier molecular flexibility index (Phi) is 6.40. The van der Waals surface area contributed by atoms with E-state index in [1.165, 1.54) is 0 Å². The van der Waals surface area contributed by atoms with Crippen molar-refractivity contribution in [3.8, 4) is 11.6 Å². The highest BCUT2D eigenvalue weighted by Gasteiger charge is 2.39. The molecular formula is C30H37N5O3. The van der Waals surface area contributed by atoms with E-state index in [1.54, 1.807) is 4.68 Å². The normalized spacial score (nSPS) is 27.4. The van der Waals surface area contributed by atoms with E-state index in [2.05, 4.69) is 35.4 Å². The molecule has 4 aliphatic rings. The average molecular weight is 516 g/mol. The second-order valence-corrected chi connectivity index (χ2v) is 11.6. The van der Waals surface area contributed by atoms with Crippen LogP contribution in [-0.2, 0) is 5.41 Å². The van der Waals surface area contributed by atoms with E-state index in [0.717, 1.165) is 54.9 Å². The van der Waals surface area contributed by atoms with Gasteiger partial charge in [-0.25, -0.2) is 9.48 Å². The number of anilines is 1. The average Bonchev–Trinajstić information content (AvgIpc) is 3.22. The maximum absolute atomic E-state index is 13.4. The molecule has 4 heterocycles. The number of nitrogens with zero attached hydrogens (tertiary/aromatic N) is 3. The maximum atomic E-state index is 13.4. The number of benzene rings is 2. The van der Waals surface area contributed by atoms with Gasteiger partial charge in [-0.3, -0.25) is 10.2 Å². The number of hydrogen-bond donors (Lipinski definition) is 3. The molecule has 8 nitrogen and oxygen atoms in total. The number of fused-ring (bicyclic) bond motifs is 4. The largest absolute Gasteiger partial charge is 0.471 e. The molecular weight excluding hydrogens is 478 g/mol. The van der Waals surface area contributed by atoms with Crippen LogP contribution in [0.25, 0.3) is 5.69 Å². The fourth-order valence-corrected chi connectivity index (χ4v) is 6.48. The zero-order valence-electron chi connectivity index (χ0n) is 22.4. The van der Waals surface area contributed by atoms with Gasteiger partial charge in [-0.05, 0) is 73.9 Å². The molecule has 2 bridgehead atoms. The van der Waals surface area contributed by atoms with Gasteiger partial charge in [-0.2, -0.15) is 0 Å². The third kappa shape index (κ3) is 4.56. The van der Waals surface area contributed by atoms with Crippen molar-refractivity contribution < 1.29 is 14.6 Å². The monoisotopic (exact) mass is 515 g/mol. The molecule has 2 aromatic carbocycles. The molecule has 7 rings (SSSR count). The van der Waals surface area contributed by atoms with Crippen molar-refractivity contribution >= 4 is 11.8 Å². The molecule has 3 N–H and O–H groups in total. The van der Waals surface area contributed by atoms with E-state index >= 15 is 0 Å². The van der Waals surface area contributed by atoms with E-state index in [9.17, 15) is 9.90 Å². The van der Waals surface area contributed by atoms with Gasteiger partial charge in [0.05, 0.1) is 23.4 Å². The number of carbonyl (C=O) groups excluding carboxylic acids is 1. The second kappa shape index (κ2) is 9.75. The topological polar surface area (TPSA) is 91.7 Å². The van der Waals surface area contributed by atoms with Crippen molar-refractivity contribution in [2.45, 2.75) is 63.7 Å². The first-order valence-corrected chi connectivity index (χ1v) is 13.7. The van der Waals surface area contributed by atoms with Gasteiger partial charge >= 0.3 is 6.03 Å². The fraction of sp³-hybridized carbons (Fsp3) is 0.467. The van der Waals surface area contributed by atoms with E-state index in [1.807, 2.05) is 55.5 Å². The molecule has 3 fully saturated rings. The van der Waals surface area contributed by atoms with Gasteiger partial charge in [0.15, 0.2) is 0 Å². The first-order valence-electron chi connectivity index (χ1n) is 13.7. The SMILES string of the molecule is Cc1c(OC2CN3CCC2CC3)nn(-c2ccccc2)c1NC(=O)N[C@@H]1c2ccccc2C(C)(C)C[C@H]1O. The van der Waals surface area contributed by atoms with Crippen molar-refractivity contribution in [2.75, 3.05) is 25.0 Å². The smallest absolute Gasteiger partial charge is 0.320 e. The Morgan fingerprint density at radius 1 is 1.08 bits per heavy atom. The highest BCUT2D eigenvalue weighted by molar-refractivity contribution is 5.90. The molecule has 2 amide bonds. The Bertz CT molecular complexity index is 1310. The number of hydrogen-bond acceptors (Lipinski definition) is 5. The lowest BCUT2D eigenvalue weighted by molar-refractivity contribution is -0.0104. The summed E-state index contributed by atoms with van der Waals surface area (Å²) in [6.07, 6.45) is 2.28. The summed E-state index contributed by atoms with van der Waals surface area (Å²) in [5.74, 6) is 1.65. The van der Waals surface area contributed by atoms with Crippen LogP contribution in [0, 0.1) is 12.8 Å². The Balaban J connectivity index is 1.27. The quantitative estimate of drug-likeness (QED) is 0.464. The minimum Gasteiger partial charge on any atom is -0.471 e. The molecule has 1 aliphatic carbocycles. The molecule has 8 heteroatoms. The van der Waals surface area contributed by atoms with E-state index < -0.39 is 18.2 Å². The Hall–Kier alpha value is -3.36. The summed E-state index contributed by atoms with van der Waals surface area (Å²) in [6, 6.07) is 16.9. The lowest BCUT2D eigenvalue weighted by atomic mass is 9.70. The van der Waals surface area contributed by atoms with Crippen molar-refractivity contribution in [3.63, 3.8) is 0 Å². The van der Waals surface area contributed by atoms with Gasteiger partial charge in [0, 0.05) is 6.54 Å². The number of nitrogens with one attached hydrogen (secondary N) is 2. The van der Waals surface area contributed by atoms with Crippen LogP contribution in [0.3, 0.4) is 0 Å². The summed E-state index contributed by atoms with van der Waals surface area (Å²) in [4.78, 5) is 15.9. The molecule has 38 heavy (non-hydrogen) atoms. The molecule has 1 unspecified atom stereocenters. The number of urea groups is 1. The molecule has 3 atom stereocenters. The zero-order valence-corrected chi connectivity index (χ0v) is 22.4. The van der Waals surface area contributed by atoms with Gasteiger partial charge < -0.3 is 15.2 Å². The summed E-state index contributed by atoms with van der Waals surface area (Å²) < 4.78 is 8.23. The molecule has 200 valence electrons. The Morgan fingerprint density at radius 3 is 2.50 bits per heavy atom. The molecule has 3 aliphatic heterocycles. The number of para-hydroxylation sites is 1. The third-order valence-electron chi connectivity index (χ3n) is 8.59. The number of piperidine rings is 3. The summed E-state index contributed by atoms with van der Waals surface area (Å²) in [7, 11) is 0. The first-order chi connectivity index (χ1) is 18.3. The van der Waals surface area contributed by atoms with Crippen molar-refractivity contribution in [1.82, 2.24) is 20.0 Å². The summed E-state index contributed by atoms with van der Waals surface area (Å²) in [5, 5.41) is 21.9.